The summed E-state index contributed by atoms with van der Waals surface area (Å²) < 4.78 is 28.8. The molecule has 0 aliphatic carbocycles. The summed E-state index contributed by atoms with van der Waals surface area (Å²) in [4.78, 5) is 0. The second kappa shape index (κ2) is 3.66. The minimum Gasteiger partial charge on any atom is -0.488 e. The van der Waals surface area contributed by atoms with Crippen molar-refractivity contribution in [3.8, 4) is 5.75 Å². The van der Waals surface area contributed by atoms with E-state index in [4.69, 9.17) is 4.74 Å². The van der Waals surface area contributed by atoms with Crippen LogP contribution in [-0.4, -0.2) is 14.7 Å². The predicted molar refractivity (Wildman–Crippen MR) is 50.9 cm³/mol. The summed E-state index contributed by atoms with van der Waals surface area (Å²) in [5.74, 6) is 0.396. The van der Waals surface area contributed by atoms with Gasteiger partial charge in [0.05, 0.1) is 11.9 Å². The highest BCUT2D eigenvalue weighted by atomic mass is 32.2. The van der Waals surface area contributed by atoms with E-state index in [1.807, 2.05) is 0 Å². The summed E-state index contributed by atoms with van der Waals surface area (Å²) in [6.07, 6.45) is 1.08. The number of para-hydroxylation sites is 2. The van der Waals surface area contributed by atoms with Crippen LogP contribution in [0.15, 0.2) is 24.3 Å². The summed E-state index contributed by atoms with van der Waals surface area (Å²) in [5.41, 5.74) is 0.389. The first kappa shape index (κ1) is 9.85. The van der Waals surface area contributed by atoms with Crippen molar-refractivity contribution in [1.29, 1.82) is 0 Å². The zero-order chi connectivity index (χ0) is 9.90. The Balaban J connectivity index is 3.01. The van der Waals surface area contributed by atoms with Crippen LogP contribution in [0.25, 0.3) is 0 Å². The minimum atomic E-state index is -3.27. The molecule has 1 aromatic carbocycles. The number of sulfonamides is 1. The highest BCUT2D eigenvalue weighted by Gasteiger charge is 2.05. The van der Waals surface area contributed by atoms with Crippen LogP contribution in [0.4, 0.5) is 5.69 Å². The predicted octanol–water partition coefficient (Wildman–Crippen LogP) is 1.23. The molecule has 0 aromatic heterocycles. The van der Waals surface area contributed by atoms with Gasteiger partial charge in [-0.05, 0) is 12.1 Å². The Morgan fingerprint density at radius 3 is 2.54 bits per heavy atom. The molecule has 0 atom stereocenters. The third-order valence-corrected chi connectivity index (χ3v) is 1.93. The van der Waals surface area contributed by atoms with Crippen molar-refractivity contribution in [2.45, 2.75) is 0 Å². The van der Waals surface area contributed by atoms with Gasteiger partial charge in [0.2, 0.25) is 10.0 Å². The van der Waals surface area contributed by atoms with Crippen LogP contribution in [0.2, 0.25) is 0 Å². The largest absolute Gasteiger partial charge is 0.488 e. The lowest BCUT2D eigenvalue weighted by Gasteiger charge is -2.07. The van der Waals surface area contributed by atoms with Crippen LogP contribution < -0.4 is 9.46 Å². The van der Waals surface area contributed by atoms with Crippen LogP contribution >= 0.6 is 0 Å². The van der Waals surface area contributed by atoms with Crippen molar-refractivity contribution in [2.24, 2.45) is 0 Å². The Hall–Kier alpha value is -1.23. The van der Waals surface area contributed by atoms with E-state index in [-0.39, 0.29) is 0 Å². The summed E-state index contributed by atoms with van der Waals surface area (Å²) in [5, 5.41) is 0. The number of hydrogen-bond acceptors (Lipinski definition) is 3. The maximum Gasteiger partial charge on any atom is 0.229 e. The Bertz CT molecular complexity index is 386. The molecule has 0 spiro atoms. The summed E-state index contributed by atoms with van der Waals surface area (Å²) in [7, 11) is -0.0558. The van der Waals surface area contributed by atoms with E-state index < -0.39 is 10.0 Å². The third kappa shape index (κ3) is 2.95. The molecule has 1 radical (unpaired) electrons. The van der Waals surface area contributed by atoms with Gasteiger partial charge in [0.1, 0.15) is 12.9 Å². The molecule has 0 aliphatic heterocycles. The van der Waals surface area contributed by atoms with Crippen molar-refractivity contribution in [3.63, 3.8) is 0 Å². The number of hydrogen-bond donors (Lipinski definition) is 1. The highest BCUT2D eigenvalue weighted by Crippen LogP contribution is 2.23. The molecule has 0 fully saturated rings. The van der Waals surface area contributed by atoms with E-state index >= 15 is 0 Å². The van der Waals surface area contributed by atoms with E-state index in [0.29, 0.717) is 11.4 Å². The molecule has 0 saturated carbocycles. The van der Waals surface area contributed by atoms with Crippen LogP contribution in [0.5, 0.6) is 5.75 Å². The van der Waals surface area contributed by atoms with Gasteiger partial charge in [-0.3, -0.25) is 4.72 Å². The van der Waals surface area contributed by atoms with Gasteiger partial charge < -0.3 is 4.74 Å². The molecule has 0 bridgehead atoms. The molecule has 0 saturated heterocycles. The van der Waals surface area contributed by atoms with Crippen LogP contribution in [0.3, 0.4) is 0 Å². The first-order chi connectivity index (χ1) is 6.03. The number of ether oxygens (including phenoxy) is 1. The van der Waals surface area contributed by atoms with Crippen molar-refractivity contribution in [1.82, 2.24) is 0 Å². The Kier molecular flexibility index (Phi) is 2.77. The fourth-order valence-corrected chi connectivity index (χ4v) is 1.44. The number of nitrogens with one attached hydrogen (secondary N) is 1. The van der Waals surface area contributed by atoms with Gasteiger partial charge in [0, 0.05) is 0 Å². The average molecular weight is 200 g/mol. The summed E-state index contributed by atoms with van der Waals surface area (Å²) in [6, 6.07) is 6.66. The second-order valence-corrected chi connectivity index (χ2v) is 4.26. The minimum absolute atomic E-state index is 0.389. The lowest BCUT2D eigenvalue weighted by atomic mass is 10.3. The molecular formula is C8H10NO3S. The van der Waals surface area contributed by atoms with Crippen molar-refractivity contribution in [3.05, 3.63) is 31.4 Å². The van der Waals surface area contributed by atoms with Gasteiger partial charge in [-0.1, -0.05) is 12.1 Å². The highest BCUT2D eigenvalue weighted by molar-refractivity contribution is 7.92. The normalized spacial score (nSPS) is 10.9. The SMILES string of the molecule is [CH2]Oc1ccccc1NS(C)(=O)=O. The molecule has 1 N–H and O–H groups in total. The number of benzene rings is 1. The molecule has 5 heteroatoms. The van der Waals surface area contributed by atoms with E-state index in [2.05, 4.69) is 11.8 Å². The molecule has 0 aliphatic rings. The van der Waals surface area contributed by atoms with Gasteiger partial charge in [0.25, 0.3) is 0 Å². The molecular weight excluding hydrogens is 190 g/mol. The van der Waals surface area contributed by atoms with Crippen LogP contribution in [0.1, 0.15) is 0 Å². The monoisotopic (exact) mass is 200 g/mol. The molecule has 13 heavy (non-hydrogen) atoms. The average Bonchev–Trinajstić information content (AvgIpc) is 2.02. The number of rotatable bonds is 3. The second-order valence-electron chi connectivity index (χ2n) is 2.51. The molecule has 0 amide bonds. The summed E-state index contributed by atoms with van der Waals surface area (Å²) in [6.45, 7) is 0. The maximum atomic E-state index is 10.9. The van der Waals surface area contributed by atoms with Crippen molar-refractivity contribution in [2.75, 3.05) is 11.0 Å². The smallest absolute Gasteiger partial charge is 0.229 e. The quantitative estimate of drug-likeness (QED) is 0.798. The third-order valence-electron chi connectivity index (χ3n) is 1.34. The Morgan fingerprint density at radius 1 is 1.38 bits per heavy atom. The molecule has 71 valence electrons. The van der Waals surface area contributed by atoms with Crippen molar-refractivity contribution >= 4 is 15.7 Å². The van der Waals surface area contributed by atoms with Crippen LogP contribution in [-0.2, 0) is 10.0 Å². The van der Waals surface area contributed by atoms with E-state index in [0.717, 1.165) is 6.26 Å². The first-order valence-electron chi connectivity index (χ1n) is 3.52. The van der Waals surface area contributed by atoms with E-state index in [1.165, 1.54) is 0 Å². The molecule has 0 heterocycles. The van der Waals surface area contributed by atoms with Gasteiger partial charge in [-0.25, -0.2) is 8.42 Å². The van der Waals surface area contributed by atoms with Crippen LogP contribution in [0, 0.1) is 7.11 Å². The molecule has 1 rings (SSSR count). The fraction of sp³-hybridized carbons (Fsp3) is 0.125. The summed E-state index contributed by atoms with van der Waals surface area (Å²) >= 11 is 0. The molecule has 1 aromatic rings. The van der Waals surface area contributed by atoms with Gasteiger partial charge in [0.15, 0.2) is 0 Å². The fourth-order valence-electron chi connectivity index (χ4n) is 0.877. The zero-order valence-corrected chi connectivity index (χ0v) is 7.97. The standard InChI is InChI=1S/C8H10NO3S/c1-12-8-6-4-3-5-7(8)9-13(2,10)11/h3-6,9H,1H2,2H3. The zero-order valence-electron chi connectivity index (χ0n) is 7.15. The maximum absolute atomic E-state index is 10.9. The van der Waals surface area contributed by atoms with E-state index in [9.17, 15) is 8.42 Å². The first-order valence-corrected chi connectivity index (χ1v) is 5.41. The lowest BCUT2D eigenvalue weighted by molar-refractivity contribution is 0.475. The van der Waals surface area contributed by atoms with Gasteiger partial charge in [-0.2, -0.15) is 0 Å². The lowest BCUT2D eigenvalue weighted by Crippen LogP contribution is -2.10. The molecule has 0 unspecified atom stereocenters. The topological polar surface area (TPSA) is 55.4 Å². The van der Waals surface area contributed by atoms with E-state index in [1.54, 1.807) is 24.3 Å². The number of anilines is 1. The molecule has 4 nitrogen and oxygen atoms in total. The Morgan fingerprint density at radius 2 is 2.00 bits per heavy atom. The Labute approximate surface area is 77.6 Å². The van der Waals surface area contributed by atoms with Gasteiger partial charge in [-0.15, -0.1) is 0 Å². The van der Waals surface area contributed by atoms with Crippen molar-refractivity contribution < 1.29 is 13.2 Å². The van der Waals surface area contributed by atoms with Gasteiger partial charge >= 0.3 is 0 Å².